The van der Waals surface area contributed by atoms with Crippen LogP contribution in [0.1, 0.15) is 25.3 Å². The Morgan fingerprint density at radius 3 is 2.75 bits per heavy atom. The summed E-state index contributed by atoms with van der Waals surface area (Å²) in [6.07, 6.45) is 2.20. The number of aliphatic carboxylic acids is 1. The highest BCUT2D eigenvalue weighted by Gasteiger charge is 2.08. The molecule has 0 aliphatic rings. The molecule has 0 bridgehead atoms. The Bertz CT molecular complexity index is 435. The molecular formula is C15H24N2O3. The molecule has 0 saturated heterocycles. The van der Waals surface area contributed by atoms with Crippen LogP contribution in [0.2, 0.25) is 0 Å². The lowest BCUT2D eigenvalue weighted by atomic mass is 10.1. The van der Waals surface area contributed by atoms with E-state index in [1.807, 2.05) is 19.1 Å². The van der Waals surface area contributed by atoms with Crippen LogP contribution in [-0.2, 0) is 9.53 Å². The monoisotopic (exact) mass is 280 g/mol. The first-order valence-electron chi connectivity index (χ1n) is 6.95. The molecule has 1 rings (SSSR count). The molecule has 0 unspecified atom stereocenters. The minimum atomic E-state index is -0.937. The predicted octanol–water partition coefficient (Wildman–Crippen LogP) is 2.28. The van der Waals surface area contributed by atoms with Gasteiger partial charge in [-0.25, -0.2) is 4.79 Å². The Morgan fingerprint density at radius 2 is 2.15 bits per heavy atom. The van der Waals surface area contributed by atoms with Crippen molar-refractivity contribution in [2.24, 2.45) is 0 Å². The molecule has 0 fully saturated rings. The number of ether oxygens (including phenoxy) is 1. The molecule has 1 aromatic rings. The van der Waals surface area contributed by atoms with Gasteiger partial charge in [-0.05, 0) is 37.1 Å². The van der Waals surface area contributed by atoms with Gasteiger partial charge in [-0.2, -0.15) is 0 Å². The van der Waals surface area contributed by atoms with Crippen LogP contribution in [0.15, 0.2) is 18.2 Å². The van der Waals surface area contributed by atoms with E-state index >= 15 is 0 Å². The number of carbonyl (C=O) groups is 1. The summed E-state index contributed by atoms with van der Waals surface area (Å²) >= 11 is 0. The number of aryl methyl sites for hydroxylation is 1. The lowest BCUT2D eigenvalue weighted by molar-refractivity contribution is -0.142. The molecular weight excluding hydrogens is 256 g/mol. The molecule has 0 saturated carbocycles. The van der Waals surface area contributed by atoms with Gasteiger partial charge in [0.25, 0.3) is 0 Å². The molecule has 5 heteroatoms. The fourth-order valence-corrected chi connectivity index (χ4v) is 1.91. The van der Waals surface area contributed by atoms with Gasteiger partial charge in [-0.15, -0.1) is 0 Å². The lowest BCUT2D eigenvalue weighted by Crippen LogP contribution is -2.29. The molecule has 3 N–H and O–H groups in total. The second-order valence-electron chi connectivity index (χ2n) is 4.83. The highest BCUT2D eigenvalue weighted by atomic mass is 16.5. The first-order valence-corrected chi connectivity index (χ1v) is 6.95. The standard InChI is InChI=1S/C15H24N2O3/c1-3-4-7-17(8-9-20-11-15(18)19)13-5-6-14(16)12(2)10-13/h5-6,10H,3-4,7-9,11,16H2,1-2H3,(H,18,19). The molecule has 0 heterocycles. The van der Waals surface area contributed by atoms with E-state index in [1.165, 1.54) is 0 Å². The minimum absolute atomic E-state index is 0.248. The molecule has 0 aliphatic carbocycles. The van der Waals surface area contributed by atoms with Crippen LogP contribution >= 0.6 is 0 Å². The summed E-state index contributed by atoms with van der Waals surface area (Å²) in [5.74, 6) is -0.937. The molecule has 0 atom stereocenters. The van der Waals surface area contributed by atoms with Gasteiger partial charge in [0.05, 0.1) is 6.61 Å². The Hall–Kier alpha value is -1.75. The van der Waals surface area contributed by atoms with E-state index in [1.54, 1.807) is 0 Å². The van der Waals surface area contributed by atoms with E-state index in [0.717, 1.165) is 36.3 Å². The molecule has 20 heavy (non-hydrogen) atoms. The SMILES string of the molecule is CCCCN(CCOCC(=O)O)c1ccc(N)c(C)c1. The van der Waals surface area contributed by atoms with Crippen molar-refractivity contribution in [1.29, 1.82) is 0 Å². The van der Waals surface area contributed by atoms with Crippen molar-refractivity contribution in [3.8, 4) is 0 Å². The number of hydrogen-bond donors (Lipinski definition) is 2. The third-order valence-electron chi connectivity index (χ3n) is 3.13. The second kappa shape index (κ2) is 8.43. The number of carboxylic acid groups (broad SMARTS) is 1. The number of nitrogens with two attached hydrogens (primary N) is 1. The largest absolute Gasteiger partial charge is 0.480 e. The van der Waals surface area contributed by atoms with Crippen molar-refractivity contribution in [2.45, 2.75) is 26.7 Å². The summed E-state index contributed by atoms with van der Waals surface area (Å²) < 4.78 is 5.12. The first kappa shape index (κ1) is 16.3. The van der Waals surface area contributed by atoms with E-state index in [2.05, 4.69) is 17.9 Å². The Morgan fingerprint density at radius 1 is 1.40 bits per heavy atom. The molecule has 0 aliphatic heterocycles. The van der Waals surface area contributed by atoms with Crippen LogP contribution in [0.5, 0.6) is 0 Å². The zero-order valence-corrected chi connectivity index (χ0v) is 12.3. The van der Waals surface area contributed by atoms with Crippen LogP contribution < -0.4 is 10.6 Å². The van der Waals surface area contributed by atoms with Crippen LogP contribution in [0.3, 0.4) is 0 Å². The highest BCUT2D eigenvalue weighted by Crippen LogP contribution is 2.20. The zero-order valence-electron chi connectivity index (χ0n) is 12.3. The average Bonchev–Trinajstić information content (AvgIpc) is 2.41. The van der Waals surface area contributed by atoms with Gasteiger partial charge in [-0.1, -0.05) is 13.3 Å². The zero-order chi connectivity index (χ0) is 15.0. The molecule has 1 aromatic carbocycles. The second-order valence-corrected chi connectivity index (χ2v) is 4.83. The molecule has 0 spiro atoms. The first-order chi connectivity index (χ1) is 9.54. The van der Waals surface area contributed by atoms with Gasteiger partial charge < -0.3 is 20.5 Å². The van der Waals surface area contributed by atoms with Crippen LogP contribution in [-0.4, -0.2) is 37.4 Å². The van der Waals surface area contributed by atoms with Crippen molar-refractivity contribution in [2.75, 3.05) is 36.9 Å². The highest BCUT2D eigenvalue weighted by molar-refractivity contribution is 5.68. The number of unbranched alkanes of at least 4 members (excludes halogenated alkanes) is 1. The number of benzene rings is 1. The van der Waals surface area contributed by atoms with Crippen molar-refractivity contribution < 1.29 is 14.6 Å². The maximum Gasteiger partial charge on any atom is 0.329 e. The van der Waals surface area contributed by atoms with Gasteiger partial charge in [-0.3, -0.25) is 0 Å². The smallest absolute Gasteiger partial charge is 0.329 e. The Balaban J connectivity index is 2.62. The third-order valence-corrected chi connectivity index (χ3v) is 3.13. The van der Waals surface area contributed by atoms with Gasteiger partial charge >= 0.3 is 5.97 Å². The van der Waals surface area contributed by atoms with Crippen molar-refractivity contribution in [3.05, 3.63) is 23.8 Å². The van der Waals surface area contributed by atoms with Crippen LogP contribution in [0.4, 0.5) is 11.4 Å². The summed E-state index contributed by atoms with van der Waals surface area (Å²) in [5.41, 5.74) is 8.77. The Kier molecular flexibility index (Phi) is 6.87. The maximum atomic E-state index is 10.4. The van der Waals surface area contributed by atoms with Crippen molar-refractivity contribution in [3.63, 3.8) is 0 Å². The summed E-state index contributed by atoms with van der Waals surface area (Å²) in [5, 5.41) is 8.55. The van der Waals surface area contributed by atoms with Crippen LogP contribution in [0, 0.1) is 6.92 Å². The van der Waals surface area contributed by atoms with Gasteiger partial charge in [0.15, 0.2) is 0 Å². The van der Waals surface area contributed by atoms with E-state index in [0.29, 0.717) is 13.2 Å². The maximum absolute atomic E-state index is 10.4. The lowest BCUT2D eigenvalue weighted by Gasteiger charge is -2.25. The molecule has 5 nitrogen and oxygen atoms in total. The number of rotatable bonds is 9. The quantitative estimate of drug-likeness (QED) is 0.536. The van der Waals surface area contributed by atoms with Crippen LogP contribution in [0.25, 0.3) is 0 Å². The fraction of sp³-hybridized carbons (Fsp3) is 0.533. The minimum Gasteiger partial charge on any atom is -0.480 e. The topological polar surface area (TPSA) is 75.8 Å². The Labute approximate surface area is 120 Å². The number of anilines is 2. The van der Waals surface area contributed by atoms with Gasteiger partial charge in [0.1, 0.15) is 6.61 Å². The normalized spacial score (nSPS) is 10.5. The molecule has 0 radical (unpaired) electrons. The van der Waals surface area contributed by atoms with Crippen molar-refractivity contribution >= 4 is 17.3 Å². The summed E-state index contributed by atoms with van der Waals surface area (Å²) in [6.45, 7) is 5.89. The number of hydrogen-bond acceptors (Lipinski definition) is 4. The number of nitrogens with zero attached hydrogens (tertiary/aromatic N) is 1. The number of carboxylic acids is 1. The predicted molar refractivity (Wildman–Crippen MR) is 81.2 cm³/mol. The van der Waals surface area contributed by atoms with E-state index in [9.17, 15) is 4.79 Å². The summed E-state index contributed by atoms with van der Waals surface area (Å²) in [4.78, 5) is 12.6. The third kappa shape index (κ3) is 5.48. The fourth-order valence-electron chi connectivity index (χ4n) is 1.91. The van der Waals surface area contributed by atoms with Crippen molar-refractivity contribution in [1.82, 2.24) is 0 Å². The molecule has 0 aromatic heterocycles. The van der Waals surface area contributed by atoms with Gasteiger partial charge in [0, 0.05) is 24.5 Å². The van der Waals surface area contributed by atoms with E-state index < -0.39 is 5.97 Å². The summed E-state index contributed by atoms with van der Waals surface area (Å²) in [6, 6.07) is 5.96. The van der Waals surface area contributed by atoms with Gasteiger partial charge in [0.2, 0.25) is 0 Å². The number of nitrogen functional groups attached to an aromatic ring is 1. The molecule has 112 valence electrons. The summed E-state index contributed by atoms with van der Waals surface area (Å²) in [7, 11) is 0. The molecule has 0 amide bonds. The van der Waals surface area contributed by atoms with E-state index in [4.69, 9.17) is 15.6 Å². The van der Waals surface area contributed by atoms with E-state index in [-0.39, 0.29) is 6.61 Å². The average molecular weight is 280 g/mol.